The van der Waals surface area contributed by atoms with E-state index >= 15 is 0 Å². The molecule has 1 saturated heterocycles. The second kappa shape index (κ2) is 8.42. The number of tetrazole rings is 1. The normalized spacial score (nSPS) is 19.8. The van der Waals surface area contributed by atoms with Crippen LogP contribution in [0.15, 0.2) is 29.1 Å². The SMILES string of the molecule is COc1ccc2[nH]c(=O)c(C(c3nnnn3C3CCCC3)N3CCC(C)CC3)cc2c1. The molecular formula is C23H30N6O2. The molecule has 164 valence electrons. The van der Waals surface area contributed by atoms with E-state index in [0.29, 0.717) is 17.5 Å². The molecule has 1 N–H and O–H groups in total. The van der Waals surface area contributed by atoms with Gasteiger partial charge in [-0.05, 0) is 79.4 Å². The fraction of sp³-hybridized carbons (Fsp3) is 0.565. The number of rotatable bonds is 5. The summed E-state index contributed by atoms with van der Waals surface area (Å²) >= 11 is 0. The maximum absolute atomic E-state index is 13.3. The van der Waals surface area contributed by atoms with Crippen molar-refractivity contribution in [3.63, 3.8) is 0 Å². The average Bonchev–Trinajstić information content (AvgIpc) is 3.47. The van der Waals surface area contributed by atoms with Gasteiger partial charge in [0, 0.05) is 16.5 Å². The third-order valence-corrected chi connectivity index (χ3v) is 6.99. The van der Waals surface area contributed by atoms with E-state index in [2.05, 4.69) is 32.3 Å². The summed E-state index contributed by atoms with van der Waals surface area (Å²) in [6, 6.07) is 7.76. The molecule has 2 fully saturated rings. The highest BCUT2D eigenvalue weighted by molar-refractivity contribution is 5.80. The lowest BCUT2D eigenvalue weighted by Crippen LogP contribution is -2.40. The van der Waals surface area contributed by atoms with Gasteiger partial charge in [-0.1, -0.05) is 19.8 Å². The Morgan fingerprint density at radius 1 is 1.13 bits per heavy atom. The van der Waals surface area contributed by atoms with Crippen molar-refractivity contribution in [2.75, 3.05) is 20.2 Å². The largest absolute Gasteiger partial charge is 0.497 e. The van der Waals surface area contributed by atoms with Crippen LogP contribution in [-0.2, 0) is 0 Å². The number of aromatic nitrogens is 5. The Bertz CT molecular complexity index is 1110. The summed E-state index contributed by atoms with van der Waals surface area (Å²) in [6.07, 6.45) is 6.81. The van der Waals surface area contributed by atoms with E-state index < -0.39 is 0 Å². The number of pyridine rings is 1. The molecule has 2 aromatic heterocycles. The Morgan fingerprint density at radius 3 is 2.65 bits per heavy atom. The number of likely N-dealkylation sites (tertiary alicyclic amines) is 1. The summed E-state index contributed by atoms with van der Waals surface area (Å²) in [4.78, 5) is 18.7. The van der Waals surface area contributed by atoms with Crippen molar-refractivity contribution in [2.45, 2.75) is 57.5 Å². The molecule has 1 atom stereocenters. The van der Waals surface area contributed by atoms with E-state index in [1.165, 1.54) is 12.8 Å². The van der Waals surface area contributed by atoms with Crippen molar-refractivity contribution in [3.8, 4) is 5.75 Å². The van der Waals surface area contributed by atoms with Gasteiger partial charge in [0.05, 0.1) is 13.2 Å². The molecule has 1 unspecified atom stereocenters. The minimum absolute atomic E-state index is 0.0812. The van der Waals surface area contributed by atoms with Gasteiger partial charge >= 0.3 is 0 Å². The highest BCUT2D eigenvalue weighted by Crippen LogP contribution is 2.35. The van der Waals surface area contributed by atoms with Gasteiger partial charge in [-0.25, -0.2) is 4.68 Å². The molecule has 1 aliphatic carbocycles. The fourth-order valence-electron chi connectivity index (χ4n) is 5.11. The Balaban J connectivity index is 1.63. The number of piperidine rings is 1. The molecule has 3 aromatic rings. The van der Waals surface area contributed by atoms with Crippen molar-refractivity contribution in [2.24, 2.45) is 5.92 Å². The summed E-state index contributed by atoms with van der Waals surface area (Å²) in [5, 5.41) is 13.8. The molecule has 1 saturated carbocycles. The maximum atomic E-state index is 13.3. The van der Waals surface area contributed by atoms with Gasteiger partial charge in [-0.2, -0.15) is 0 Å². The topological polar surface area (TPSA) is 88.9 Å². The molecule has 0 radical (unpaired) electrons. The Morgan fingerprint density at radius 2 is 1.90 bits per heavy atom. The van der Waals surface area contributed by atoms with Gasteiger partial charge in [0.1, 0.15) is 11.8 Å². The van der Waals surface area contributed by atoms with Crippen molar-refractivity contribution < 1.29 is 4.74 Å². The number of benzene rings is 1. The number of aromatic amines is 1. The van der Waals surface area contributed by atoms with Crippen molar-refractivity contribution >= 4 is 10.9 Å². The summed E-state index contributed by atoms with van der Waals surface area (Å²) < 4.78 is 7.39. The number of hydrogen-bond donors (Lipinski definition) is 1. The van der Waals surface area contributed by atoms with Crippen LogP contribution in [-0.4, -0.2) is 50.3 Å². The third-order valence-electron chi connectivity index (χ3n) is 6.99. The molecule has 8 heteroatoms. The quantitative estimate of drug-likeness (QED) is 0.677. The number of hydrogen-bond acceptors (Lipinski definition) is 6. The van der Waals surface area contributed by atoms with Crippen LogP contribution >= 0.6 is 0 Å². The fourth-order valence-corrected chi connectivity index (χ4v) is 5.11. The van der Waals surface area contributed by atoms with Gasteiger partial charge < -0.3 is 9.72 Å². The van der Waals surface area contributed by atoms with Crippen LogP contribution in [0, 0.1) is 5.92 Å². The molecular weight excluding hydrogens is 392 g/mol. The second-order valence-electron chi connectivity index (χ2n) is 9.05. The monoisotopic (exact) mass is 422 g/mol. The molecule has 3 heterocycles. The number of fused-ring (bicyclic) bond motifs is 1. The maximum Gasteiger partial charge on any atom is 0.253 e. The van der Waals surface area contributed by atoms with Gasteiger partial charge in [-0.3, -0.25) is 9.69 Å². The lowest BCUT2D eigenvalue weighted by Gasteiger charge is -2.36. The van der Waals surface area contributed by atoms with Crippen molar-refractivity contribution in [3.05, 3.63) is 46.0 Å². The minimum Gasteiger partial charge on any atom is -0.497 e. The molecule has 31 heavy (non-hydrogen) atoms. The smallest absolute Gasteiger partial charge is 0.253 e. The zero-order valence-electron chi connectivity index (χ0n) is 18.3. The summed E-state index contributed by atoms with van der Waals surface area (Å²) in [7, 11) is 1.65. The number of nitrogens with zero attached hydrogens (tertiary/aromatic N) is 5. The standard InChI is InChI=1S/C23H30N6O2/c1-15-9-11-28(12-10-15)21(22-25-26-27-29(22)17-5-3-4-6-17)19-14-16-13-18(31-2)7-8-20(16)24-23(19)30/h7-8,13-15,17,21H,3-6,9-12H2,1-2H3,(H,24,30). The molecule has 0 bridgehead atoms. The lowest BCUT2D eigenvalue weighted by atomic mass is 9.95. The van der Waals surface area contributed by atoms with E-state index in [4.69, 9.17) is 4.74 Å². The number of ether oxygens (including phenoxy) is 1. The van der Waals surface area contributed by atoms with Crippen LogP contribution < -0.4 is 10.3 Å². The number of methoxy groups -OCH3 is 1. The highest BCUT2D eigenvalue weighted by atomic mass is 16.5. The van der Waals surface area contributed by atoms with Crippen LogP contribution in [0.25, 0.3) is 10.9 Å². The third kappa shape index (κ3) is 3.84. The predicted octanol–water partition coefficient (Wildman–Crippen LogP) is 3.46. The van der Waals surface area contributed by atoms with Gasteiger partial charge in [0.2, 0.25) is 0 Å². The molecule has 0 amide bonds. The van der Waals surface area contributed by atoms with Gasteiger partial charge in [0.15, 0.2) is 5.82 Å². The molecule has 8 nitrogen and oxygen atoms in total. The van der Waals surface area contributed by atoms with Crippen LogP contribution in [0.5, 0.6) is 5.75 Å². The molecule has 1 aromatic carbocycles. The predicted molar refractivity (Wildman–Crippen MR) is 118 cm³/mol. The van der Waals surface area contributed by atoms with E-state index in [1.807, 2.05) is 28.9 Å². The van der Waals surface area contributed by atoms with Gasteiger partial charge in [0.25, 0.3) is 5.56 Å². The van der Waals surface area contributed by atoms with Crippen LogP contribution in [0.1, 0.15) is 68.9 Å². The van der Waals surface area contributed by atoms with Crippen molar-refractivity contribution in [1.82, 2.24) is 30.1 Å². The summed E-state index contributed by atoms with van der Waals surface area (Å²) in [5.41, 5.74) is 1.42. The first-order valence-corrected chi connectivity index (χ1v) is 11.4. The molecule has 5 rings (SSSR count). The lowest BCUT2D eigenvalue weighted by molar-refractivity contribution is 0.147. The molecule has 1 aliphatic heterocycles. The Labute approximate surface area is 181 Å². The Kier molecular flexibility index (Phi) is 5.48. The van der Waals surface area contributed by atoms with E-state index in [9.17, 15) is 4.79 Å². The summed E-state index contributed by atoms with van der Waals surface area (Å²) in [6.45, 7) is 4.15. The Hall–Kier alpha value is -2.74. The average molecular weight is 423 g/mol. The zero-order valence-corrected chi connectivity index (χ0v) is 18.3. The number of nitrogens with one attached hydrogen (secondary N) is 1. The minimum atomic E-state index is -0.262. The first-order chi connectivity index (χ1) is 15.1. The zero-order chi connectivity index (χ0) is 21.4. The number of H-pyrrole nitrogens is 1. The summed E-state index contributed by atoms with van der Waals surface area (Å²) in [5.74, 6) is 2.25. The second-order valence-corrected chi connectivity index (χ2v) is 9.05. The van der Waals surface area contributed by atoms with Crippen LogP contribution in [0.2, 0.25) is 0 Å². The van der Waals surface area contributed by atoms with E-state index in [1.54, 1.807) is 7.11 Å². The van der Waals surface area contributed by atoms with Crippen LogP contribution in [0.4, 0.5) is 0 Å². The van der Waals surface area contributed by atoms with Crippen LogP contribution in [0.3, 0.4) is 0 Å². The first-order valence-electron chi connectivity index (χ1n) is 11.4. The van der Waals surface area contributed by atoms with E-state index in [0.717, 1.165) is 61.2 Å². The van der Waals surface area contributed by atoms with E-state index in [-0.39, 0.29) is 11.6 Å². The highest BCUT2D eigenvalue weighted by Gasteiger charge is 2.34. The molecule has 2 aliphatic rings. The van der Waals surface area contributed by atoms with Crippen molar-refractivity contribution in [1.29, 1.82) is 0 Å². The molecule has 0 spiro atoms. The van der Waals surface area contributed by atoms with Gasteiger partial charge in [-0.15, -0.1) is 5.10 Å². The first kappa shape index (κ1) is 20.2.